The fourth-order valence-electron chi connectivity index (χ4n) is 3.13. The highest BCUT2D eigenvalue weighted by Gasteiger charge is 2.30. The van der Waals surface area contributed by atoms with Crippen molar-refractivity contribution in [2.45, 2.75) is 57.2 Å². The van der Waals surface area contributed by atoms with Crippen LogP contribution in [0.15, 0.2) is 28.8 Å². The Hall–Kier alpha value is -1.64. The molecule has 1 saturated carbocycles. The molecule has 154 valence electrons. The van der Waals surface area contributed by atoms with Crippen LogP contribution in [0, 0.1) is 5.92 Å². The third-order valence-electron chi connectivity index (χ3n) is 5.07. The van der Waals surface area contributed by atoms with E-state index in [0.29, 0.717) is 29.3 Å². The second-order valence-corrected chi connectivity index (χ2v) is 11.2. The molecule has 0 unspecified atom stereocenters. The lowest BCUT2D eigenvalue weighted by atomic mass is 9.86. The van der Waals surface area contributed by atoms with E-state index in [1.807, 2.05) is 12.1 Å². The first-order chi connectivity index (χ1) is 13.1. The Balaban J connectivity index is 1.48. The van der Waals surface area contributed by atoms with Gasteiger partial charge in [0.15, 0.2) is 0 Å². The van der Waals surface area contributed by atoms with Gasteiger partial charge in [0.1, 0.15) is 0 Å². The van der Waals surface area contributed by atoms with E-state index in [1.54, 1.807) is 32.9 Å². The molecule has 28 heavy (non-hydrogen) atoms. The van der Waals surface area contributed by atoms with Gasteiger partial charge in [-0.15, -0.1) is 0 Å². The van der Waals surface area contributed by atoms with Gasteiger partial charge in [0.25, 0.3) is 0 Å². The van der Waals surface area contributed by atoms with Crippen molar-refractivity contribution in [1.82, 2.24) is 14.9 Å². The monoisotopic (exact) mass is 426 g/mol. The van der Waals surface area contributed by atoms with Gasteiger partial charge in [-0.05, 0) is 76.6 Å². The minimum absolute atomic E-state index is 0.244. The predicted octanol–water partition coefficient (Wildman–Crippen LogP) is 4.08. The lowest BCUT2D eigenvalue weighted by Gasteiger charge is -2.29. The molecule has 0 aliphatic heterocycles. The Morgan fingerprint density at radius 3 is 2.39 bits per heavy atom. The van der Waals surface area contributed by atoms with Gasteiger partial charge in [-0.2, -0.15) is 4.98 Å². The lowest BCUT2D eigenvalue weighted by molar-refractivity contribution is 0.329. The van der Waals surface area contributed by atoms with Crippen LogP contribution in [0.2, 0.25) is 5.02 Å². The van der Waals surface area contributed by atoms with Gasteiger partial charge in [0, 0.05) is 23.2 Å². The highest BCUT2D eigenvalue weighted by Crippen LogP contribution is 2.27. The first-order valence-electron chi connectivity index (χ1n) is 9.49. The van der Waals surface area contributed by atoms with Gasteiger partial charge >= 0.3 is 6.01 Å². The molecular formula is C19H27ClN4O3S. The average molecular weight is 427 g/mol. The van der Waals surface area contributed by atoms with Crippen LogP contribution in [0.5, 0.6) is 0 Å². The third-order valence-corrected chi connectivity index (χ3v) is 7.48. The molecular weight excluding hydrogens is 400 g/mol. The first kappa shape index (κ1) is 21.1. The van der Waals surface area contributed by atoms with Gasteiger partial charge in [-0.3, -0.25) is 0 Å². The van der Waals surface area contributed by atoms with Crippen LogP contribution in [0.25, 0.3) is 11.4 Å². The van der Waals surface area contributed by atoms with Crippen molar-refractivity contribution in [2.24, 2.45) is 5.92 Å². The predicted molar refractivity (Wildman–Crippen MR) is 111 cm³/mol. The maximum absolute atomic E-state index is 12.2. The number of sulfonamides is 1. The smallest absolute Gasteiger partial charge is 0.322 e. The van der Waals surface area contributed by atoms with Gasteiger partial charge in [0.2, 0.25) is 15.8 Å². The standard InChI is InChI=1S/C19H27ClN4O3S/c1-19(2,3)28(25,26)21-12-13-4-10-16(11-5-13)22-18-23-17(24-27-18)14-6-8-15(20)9-7-14/h6-9,13,16,21H,4-5,10-12H2,1-3H3,(H,22,23,24). The van der Waals surface area contributed by atoms with E-state index >= 15 is 0 Å². The van der Waals surface area contributed by atoms with Crippen molar-refractivity contribution in [1.29, 1.82) is 0 Å². The summed E-state index contributed by atoms with van der Waals surface area (Å²) in [4.78, 5) is 4.40. The second-order valence-electron chi connectivity index (χ2n) is 8.26. The first-order valence-corrected chi connectivity index (χ1v) is 11.4. The maximum atomic E-state index is 12.2. The van der Waals surface area contributed by atoms with Crippen LogP contribution in [-0.2, 0) is 10.0 Å². The number of nitrogens with zero attached hydrogens (tertiary/aromatic N) is 2. The minimum atomic E-state index is -3.29. The van der Waals surface area contributed by atoms with Gasteiger partial charge < -0.3 is 9.84 Å². The van der Waals surface area contributed by atoms with Crippen LogP contribution in [0.4, 0.5) is 6.01 Å². The van der Waals surface area contributed by atoms with Crippen molar-refractivity contribution < 1.29 is 12.9 Å². The summed E-state index contributed by atoms with van der Waals surface area (Å²) in [5.74, 6) is 0.868. The number of anilines is 1. The fraction of sp³-hybridized carbons (Fsp3) is 0.579. The zero-order valence-electron chi connectivity index (χ0n) is 16.4. The van der Waals surface area contributed by atoms with E-state index in [2.05, 4.69) is 20.2 Å². The fourth-order valence-corrected chi connectivity index (χ4v) is 4.14. The normalized spacial score (nSPS) is 20.9. The number of rotatable bonds is 6. The summed E-state index contributed by atoms with van der Waals surface area (Å²) in [7, 11) is -3.29. The largest absolute Gasteiger partial charge is 0.335 e. The van der Waals surface area contributed by atoms with E-state index in [9.17, 15) is 8.42 Å². The molecule has 1 fully saturated rings. The van der Waals surface area contributed by atoms with Crippen molar-refractivity contribution in [2.75, 3.05) is 11.9 Å². The minimum Gasteiger partial charge on any atom is -0.335 e. The summed E-state index contributed by atoms with van der Waals surface area (Å²) < 4.78 is 31.6. The van der Waals surface area contributed by atoms with E-state index < -0.39 is 14.8 Å². The molecule has 0 bridgehead atoms. The molecule has 0 saturated heterocycles. The summed E-state index contributed by atoms with van der Waals surface area (Å²) in [6, 6.07) is 7.92. The van der Waals surface area contributed by atoms with Crippen LogP contribution in [0.3, 0.4) is 0 Å². The molecule has 1 aliphatic rings. The van der Waals surface area contributed by atoms with Crippen LogP contribution < -0.4 is 10.0 Å². The Morgan fingerprint density at radius 1 is 1.14 bits per heavy atom. The lowest BCUT2D eigenvalue weighted by Crippen LogP contribution is -2.42. The number of halogens is 1. The Kier molecular flexibility index (Phi) is 6.31. The second kappa shape index (κ2) is 8.39. The van der Waals surface area contributed by atoms with Crippen molar-refractivity contribution >= 4 is 27.6 Å². The average Bonchev–Trinajstić information content (AvgIpc) is 3.09. The molecule has 9 heteroatoms. The molecule has 2 N–H and O–H groups in total. The molecule has 7 nitrogen and oxygen atoms in total. The number of nitrogens with one attached hydrogen (secondary N) is 2. The Bertz CT molecular complexity index is 883. The van der Waals surface area contributed by atoms with E-state index in [-0.39, 0.29) is 6.04 Å². The SMILES string of the molecule is CC(C)(C)S(=O)(=O)NCC1CCC(Nc2nc(-c3ccc(Cl)cc3)no2)CC1. The molecule has 2 aromatic rings. The topological polar surface area (TPSA) is 97.1 Å². The molecule has 1 aromatic heterocycles. The van der Waals surface area contributed by atoms with Crippen molar-refractivity contribution in [3.05, 3.63) is 29.3 Å². The highest BCUT2D eigenvalue weighted by atomic mass is 35.5. The summed E-state index contributed by atoms with van der Waals surface area (Å²) in [5, 5.41) is 7.96. The summed E-state index contributed by atoms with van der Waals surface area (Å²) >= 11 is 5.90. The van der Waals surface area contributed by atoms with Crippen LogP contribution in [-0.4, -0.2) is 35.9 Å². The van der Waals surface area contributed by atoms with Crippen LogP contribution >= 0.6 is 11.6 Å². The Morgan fingerprint density at radius 2 is 1.79 bits per heavy atom. The molecule has 1 aliphatic carbocycles. The summed E-state index contributed by atoms with van der Waals surface area (Å²) in [6.45, 7) is 5.62. The molecule has 0 amide bonds. The zero-order valence-corrected chi connectivity index (χ0v) is 18.0. The highest BCUT2D eigenvalue weighted by molar-refractivity contribution is 7.90. The van der Waals surface area contributed by atoms with Crippen molar-refractivity contribution in [3.63, 3.8) is 0 Å². The van der Waals surface area contributed by atoms with Gasteiger partial charge in [-0.25, -0.2) is 13.1 Å². The van der Waals surface area contributed by atoms with E-state index in [1.165, 1.54) is 0 Å². The van der Waals surface area contributed by atoms with E-state index in [4.69, 9.17) is 16.1 Å². The quantitative estimate of drug-likeness (QED) is 0.722. The molecule has 0 atom stereocenters. The van der Waals surface area contributed by atoms with Crippen LogP contribution in [0.1, 0.15) is 46.5 Å². The summed E-state index contributed by atoms with van der Waals surface area (Å²) in [5.41, 5.74) is 0.844. The molecule has 0 spiro atoms. The van der Waals surface area contributed by atoms with E-state index in [0.717, 1.165) is 31.2 Å². The van der Waals surface area contributed by atoms with Crippen molar-refractivity contribution in [3.8, 4) is 11.4 Å². The molecule has 1 heterocycles. The number of benzene rings is 1. The number of hydrogen-bond donors (Lipinski definition) is 2. The Labute approximate surface area is 171 Å². The zero-order chi connectivity index (χ0) is 20.4. The molecule has 0 radical (unpaired) electrons. The number of aromatic nitrogens is 2. The third kappa shape index (κ3) is 5.24. The molecule has 1 aromatic carbocycles. The summed E-state index contributed by atoms with van der Waals surface area (Å²) in [6.07, 6.45) is 3.76. The maximum Gasteiger partial charge on any atom is 0.322 e. The molecule has 3 rings (SSSR count). The number of hydrogen-bond acceptors (Lipinski definition) is 6. The van der Waals surface area contributed by atoms with Gasteiger partial charge in [-0.1, -0.05) is 16.8 Å². The van der Waals surface area contributed by atoms with Gasteiger partial charge in [0.05, 0.1) is 4.75 Å².